The molecular weight excluding hydrogens is 286 g/mol. The molecule has 1 aromatic carbocycles. The molecule has 0 heterocycles. The van der Waals surface area contributed by atoms with Crippen LogP contribution in [0.3, 0.4) is 0 Å². The van der Waals surface area contributed by atoms with Crippen molar-refractivity contribution in [3.63, 3.8) is 0 Å². The Bertz CT molecular complexity index is 618. The highest BCUT2D eigenvalue weighted by Crippen LogP contribution is 2.14. The first-order valence-corrected chi connectivity index (χ1v) is 9.67. The third kappa shape index (κ3) is 6.17. The van der Waals surface area contributed by atoms with Crippen molar-refractivity contribution in [2.75, 3.05) is 23.5 Å². The van der Waals surface area contributed by atoms with Crippen LogP contribution in [-0.4, -0.2) is 40.3 Å². The number of aryl methyl sites for hydroxylation is 1. The second kappa shape index (κ2) is 6.02. The molecule has 1 rings (SSSR count). The Kier molecular flexibility index (Phi) is 5.11. The molecule has 1 atom stereocenters. The zero-order chi connectivity index (χ0) is 14.7. The fraction of sp³-hybridized carbons (Fsp3) is 0.500. The summed E-state index contributed by atoms with van der Waals surface area (Å²) in [6.07, 6.45) is 1.02. The lowest BCUT2D eigenvalue weighted by Gasteiger charge is -2.12. The summed E-state index contributed by atoms with van der Waals surface area (Å²) < 4.78 is 45.5. The zero-order valence-electron chi connectivity index (χ0n) is 11.0. The van der Waals surface area contributed by atoms with E-state index in [0.29, 0.717) is 0 Å². The molecule has 0 bridgehead atoms. The van der Waals surface area contributed by atoms with Crippen LogP contribution in [0.1, 0.15) is 17.2 Å². The molecule has 2 N–H and O–H groups in total. The molecule has 5 nitrogen and oxygen atoms in total. The van der Waals surface area contributed by atoms with Crippen molar-refractivity contribution in [3.05, 3.63) is 35.4 Å². The van der Waals surface area contributed by atoms with Gasteiger partial charge >= 0.3 is 0 Å². The minimum Gasteiger partial charge on any atom is -0.323 e. The van der Waals surface area contributed by atoms with Gasteiger partial charge in [-0.25, -0.2) is 16.8 Å². The first-order valence-electron chi connectivity index (χ1n) is 5.79. The monoisotopic (exact) mass is 305 g/mol. The van der Waals surface area contributed by atoms with E-state index >= 15 is 0 Å². The van der Waals surface area contributed by atoms with Gasteiger partial charge in [0.2, 0.25) is 0 Å². The fourth-order valence-electron chi connectivity index (χ4n) is 1.55. The van der Waals surface area contributed by atoms with Gasteiger partial charge in [-0.3, -0.25) is 0 Å². The van der Waals surface area contributed by atoms with E-state index in [9.17, 15) is 16.8 Å². The van der Waals surface area contributed by atoms with Crippen LogP contribution in [0.4, 0.5) is 0 Å². The van der Waals surface area contributed by atoms with Gasteiger partial charge in [0.1, 0.15) is 9.84 Å². The quantitative estimate of drug-likeness (QED) is 0.823. The van der Waals surface area contributed by atoms with E-state index in [2.05, 4.69) is 0 Å². The molecule has 1 aromatic rings. The van der Waals surface area contributed by atoms with Crippen molar-refractivity contribution in [1.82, 2.24) is 0 Å². The minimum atomic E-state index is -3.48. The number of rotatable bonds is 6. The van der Waals surface area contributed by atoms with E-state index in [1.165, 1.54) is 0 Å². The van der Waals surface area contributed by atoms with Crippen LogP contribution >= 0.6 is 0 Å². The summed E-state index contributed by atoms with van der Waals surface area (Å²) in [7, 11) is -6.76. The molecule has 0 saturated heterocycles. The molecule has 0 amide bonds. The Labute approximate surface area is 114 Å². The summed E-state index contributed by atoms with van der Waals surface area (Å²) in [5.41, 5.74) is 7.64. The van der Waals surface area contributed by atoms with Crippen LogP contribution in [-0.2, 0) is 19.7 Å². The van der Waals surface area contributed by atoms with Crippen molar-refractivity contribution >= 4 is 19.7 Å². The van der Waals surface area contributed by atoms with Gasteiger partial charge in [0.05, 0.1) is 17.3 Å². The molecule has 7 heteroatoms. The van der Waals surface area contributed by atoms with E-state index < -0.39 is 25.7 Å². The van der Waals surface area contributed by atoms with Crippen LogP contribution in [0, 0.1) is 6.92 Å². The molecule has 0 aliphatic heterocycles. The van der Waals surface area contributed by atoms with Crippen molar-refractivity contribution in [1.29, 1.82) is 0 Å². The van der Waals surface area contributed by atoms with E-state index in [0.717, 1.165) is 17.4 Å². The molecule has 0 radical (unpaired) electrons. The lowest BCUT2D eigenvalue weighted by atomic mass is 10.1. The van der Waals surface area contributed by atoms with Gasteiger partial charge in [0, 0.05) is 12.3 Å². The number of hydrogen-bond donors (Lipinski definition) is 1. The molecule has 0 aliphatic rings. The lowest BCUT2D eigenvalue weighted by Crippen LogP contribution is -2.26. The van der Waals surface area contributed by atoms with Crippen LogP contribution in [0.5, 0.6) is 0 Å². The van der Waals surface area contributed by atoms with Crippen molar-refractivity contribution < 1.29 is 16.8 Å². The first-order chi connectivity index (χ1) is 8.59. The van der Waals surface area contributed by atoms with Gasteiger partial charge in [0.15, 0.2) is 9.84 Å². The minimum absolute atomic E-state index is 0.244. The Morgan fingerprint density at radius 3 is 2.05 bits per heavy atom. The topological polar surface area (TPSA) is 94.3 Å². The highest BCUT2D eigenvalue weighted by atomic mass is 32.2. The summed E-state index contributed by atoms with van der Waals surface area (Å²) in [4.78, 5) is 0. The lowest BCUT2D eigenvalue weighted by molar-refractivity contribution is 0.585. The second-order valence-corrected chi connectivity index (χ2v) is 9.25. The molecule has 1 unspecified atom stereocenters. The Balaban J connectivity index is 2.70. The summed E-state index contributed by atoms with van der Waals surface area (Å²) in [6.45, 7) is 1.93. The van der Waals surface area contributed by atoms with Gasteiger partial charge in [0.25, 0.3) is 0 Å². The van der Waals surface area contributed by atoms with E-state index in [4.69, 9.17) is 5.73 Å². The van der Waals surface area contributed by atoms with Crippen molar-refractivity contribution in [2.45, 2.75) is 13.0 Å². The summed E-state index contributed by atoms with van der Waals surface area (Å²) in [6, 6.07) is 6.65. The van der Waals surface area contributed by atoms with Crippen LogP contribution in [0.15, 0.2) is 24.3 Å². The van der Waals surface area contributed by atoms with E-state index in [1.54, 1.807) is 12.1 Å². The normalized spacial score (nSPS) is 14.3. The van der Waals surface area contributed by atoms with Crippen molar-refractivity contribution in [2.24, 2.45) is 5.73 Å². The number of nitrogens with two attached hydrogens (primary N) is 1. The van der Waals surface area contributed by atoms with Gasteiger partial charge in [-0.15, -0.1) is 0 Å². The highest BCUT2D eigenvalue weighted by Gasteiger charge is 2.19. The molecule has 0 aromatic heterocycles. The van der Waals surface area contributed by atoms with Gasteiger partial charge < -0.3 is 5.73 Å². The predicted octanol–water partition coefficient (Wildman–Crippen LogP) is 0.454. The van der Waals surface area contributed by atoms with Gasteiger partial charge in [-0.1, -0.05) is 29.8 Å². The number of hydrogen-bond acceptors (Lipinski definition) is 5. The van der Waals surface area contributed by atoms with Crippen LogP contribution < -0.4 is 5.73 Å². The maximum atomic E-state index is 11.8. The molecule has 108 valence electrons. The molecule has 0 aliphatic carbocycles. The van der Waals surface area contributed by atoms with E-state index in [-0.39, 0.29) is 17.3 Å². The highest BCUT2D eigenvalue weighted by molar-refractivity contribution is 7.94. The largest absolute Gasteiger partial charge is 0.323 e. The van der Waals surface area contributed by atoms with E-state index in [1.807, 2.05) is 19.1 Å². The molecule has 19 heavy (non-hydrogen) atoms. The Morgan fingerprint density at radius 1 is 1.05 bits per heavy atom. The first kappa shape index (κ1) is 16.1. The summed E-state index contributed by atoms with van der Waals surface area (Å²) >= 11 is 0. The molecule has 0 saturated carbocycles. The smallest absolute Gasteiger partial charge is 0.153 e. The van der Waals surface area contributed by atoms with Gasteiger partial charge in [-0.2, -0.15) is 0 Å². The molecule has 0 spiro atoms. The maximum Gasteiger partial charge on any atom is 0.153 e. The predicted molar refractivity (Wildman–Crippen MR) is 76.5 cm³/mol. The fourth-order valence-corrected chi connectivity index (χ4v) is 4.68. The maximum absolute atomic E-state index is 11.8. The third-order valence-corrected chi connectivity index (χ3v) is 5.60. The Hall–Kier alpha value is -0.920. The SMILES string of the molecule is Cc1ccc(C(N)CS(=O)(=O)CCS(C)(=O)=O)cc1. The number of benzene rings is 1. The van der Waals surface area contributed by atoms with Crippen LogP contribution in [0.25, 0.3) is 0 Å². The Morgan fingerprint density at radius 2 is 1.58 bits per heavy atom. The average Bonchev–Trinajstić information content (AvgIpc) is 2.26. The van der Waals surface area contributed by atoms with Gasteiger partial charge in [-0.05, 0) is 12.5 Å². The second-order valence-electron chi connectivity index (χ2n) is 4.76. The van der Waals surface area contributed by atoms with Crippen molar-refractivity contribution in [3.8, 4) is 0 Å². The molecule has 0 fully saturated rings. The average molecular weight is 305 g/mol. The standard InChI is InChI=1S/C12H19NO4S2/c1-10-3-5-11(6-4-10)12(13)9-19(16,17)8-7-18(2,14)15/h3-6,12H,7-9,13H2,1-2H3. The summed E-state index contributed by atoms with van der Waals surface area (Å²) in [5.74, 6) is -0.993. The number of sulfone groups is 2. The summed E-state index contributed by atoms with van der Waals surface area (Å²) in [5, 5.41) is 0. The third-order valence-electron chi connectivity index (χ3n) is 2.70. The zero-order valence-corrected chi connectivity index (χ0v) is 12.7. The van der Waals surface area contributed by atoms with Crippen LogP contribution in [0.2, 0.25) is 0 Å². The molecular formula is C12H19NO4S2.